The molecule has 1 N–H and O–H groups in total. The van der Waals surface area contributed by atoms with E-state index in [9.17, 15) is 14.3 Å². The second kappa shape index (κ2) is 6.83. The third-order valence-corrected chi connectivity index (χ3v) is 5.15. The van der Waals surface area contributed by atoms with E-state index in [0.29, 0.717) is 5.76 Å². The van der Waals surface area contributed by atoms with Crippen LogP contribution in [0.1, 0.15) is 34.6 Å². The summed E-state index contributed by atoms with van der Waals surface area (Å²) in [5, 5.41) is 19.0. The Bertz CT molecular complexity index is 1020. The molecule has 3 aromatic rings. The van der Waals surface area contributed by atoms with Crippen LogP contribution in [0.15, 0.2) is 35.1 Å². The van der Waals surface area contributed by atoms with Crippen molar-refractivity contribution >= 4 is 5.91 Å². The number of nitrogens with zero attached hydrogens (tertiary/aromatic N) is 5. The van der Waals surface area contributed by atoms with Crippen LogP contribution < -0.4 is 0 Å². The van der Waals surface area contributed by atoms with E-state index in [1.807, 2.05) is 6.92 Å². The van der Waals surface area contributed by atoms with Crippen molar-refractivity contribution in [3.8, 4) is 11.3 Å². The van der Waals surface area contributed by atoms with Crippen molar-refractivity contribution in [2.24, 2.45) is 7.05 Å². The molecule has 0 bridgehead atoms. The molecule has 0 spiro atoms. The molecule has 1 fully saturated rings. The Morgan fingerprint density at radius 1 is 1.36 bits per heavy atom. The van der Waals surface area contributed by atoms with Crippen LogP contribution >= 0.6 is 0 Å². The zero-order valence-corrected chi connectivity index (χ0v) is 15.6. The van der Waals surface area contributed by atoms with Gasteiger partial charge in [-0.25, -0.2) is 4.98 Å². The van der Waals surface area contributed by atoms with Crippen LogP contribution in [0.25, 0.3) is 11.3 Å². The van der Waals surface area contributed by atoms with Crippen molar-refractivity contribution in [1.29, 1.82) is 0 Å². The SMILES string of the molecule is Cc1nn(C)cc1-c1cc(C(=O)N2CCC(O)(c3cccnc3F)CC2)no1. The van der Waals surface area contributed by atoms with Crippen molar-refractivity contribution in [3.63, 3.8) is 0 Å². The number of amides is 1. The molecule has 0 radical (unpaired) electrons. The molecule has 28 heavy (non-hydrogen) atoms. The summed E-state index contributed by atoms with van der Waals surface area (Å²) in [5.74, 6) is -0.497. The highest BCUT2D eigenvalue weighted by Gasteiger charge is 2.38. The topological polar surface area (TPSA) is 97.3 Å². The van der Waals surface area contributed by atoms with Crippen molar-refractivity contribution in [2.45, 2.75) is 25.4 Å². The van der Waals surface area contributed by atoms with Gasteiger partial charge in [-0.2, -0.15) is 9.49 Å². The van der Waals surface area contributed by atoms with E-state index in [1.165, 1.54) is 12.3 Å². The lowest BCUT2D eigenvalue weighted by molar-refractivity contribution is -0.0242. The van der Waals surface area contributed by atoms with Gasteiger partial charge in [-0.15, -0.1) is 0 Å². The van der Waals surface area contributed by atoms with Gasteiger partial charge in [0.2, 0.25) is 5.95 Å². The maximum atomic E-state index is 14.0. The van der Waals surface area contributed by atoms with Gasteiger partial charge in [0.25, 0.3) is 5.91 Å². The number of aliphatic hydroxyl groups is 1. The zero-order chi connectivity index (χ0) is 19.9. The minimum Gasteiger partial charge on any atom is -0.385 e. The smallest absolute Gasteiger partial charge is 0.276 e. The lowest BCUT2D eigenvalue weighted by Gasteiger charge is -2.38. The Labute approximate surface area is 160 Å². The summed E-state index contributed by atoms with van der Waals surface area (Å²) >= 11 is 0. The highest BCUT2D eigenvalue weighted by atomic mass is 19.1. The van der Waals surface area contributed by atoms with Crippen molar-refractivity contribution in [2.75, 3.05) is 13.1 Å². The molecule has 0 atom stereocenters. The Hall–Kier alpha value is -3.07. The van der Waals surface area contributed by atoms with Crippen LogP contribution in [0.3, 0.4) is 0 Å². The number of rotatable bonds is 3. The van der Waals surface area contributed by atoms with E-state index in [0.717, 1.165) is 11.3 Å². The number of halogens is 1. The number of pyridine rings is 1. The number of piperidine rings is 1. The lowest BCUT2D eigenvalue weighted by atomic mass is 9.85. The quantitative estimate of drug-likeness (QED) is 0.693. The standard InChI is InChI=1S/C19H20FN5O3/c1-12-13(11-24(2)22-12)16-10-15(23-28-16)18(26)25-8-5-19(27,6-9-25)14-4-3-7-21-17(14)20/h3-4,7,10-11,27H,5-6,8-9H2,1-2H3. The van der Waals surface area contributed by atoms with E-state index in [1.54, 1.807) is 35.0 Å². The van der Waals surface area contributed by atoms with Crippen molar-refractivity contribution in [3.05, 3.63) is 53.5 Å². The molecule has 0 aliphatic carbocycles. The molecule has 0 unspecified atom stereocenters. The normalized spacial score (nSPS) is 16.4. The second-order valence-electron chi connectivity index (χ2n) is 7.04. The molecular formula is C19H20FN5O3. The number of aryl methyl sites for hydroxylation is 2. The molecule has 1 amide bonds. The fraction of sp³-hybridized carbons (Fsp3) is 0.368. The average molecular weight is 385 g/mol. The molecule has 1 aliphatic rings. The molecular weight excluding hydrogens is 365 g/mol. The zero-order valence-electron chi connectivity index (χ0n) is 15.6. The molecule has 4 rings (SSSR count). The minimum atomic E-state index is -1.34. The van der Waals surface area contributed by atoms with Crippen LogP contribution in [0.2, 0.25) is 0 Å². The molecule has 3 aromatic heterocycles. The first-order chi connectivity index (χ1) is 13.4. The maximum absolute atomic E-state index is 14.0. The van der Waals surface area contributed by atoms with Gasteiger partial charge in [0.05, 0.1) is 16.9 Å². The first-order valence-electron chi connectivity index (χ1n) is 8.97. The van der Waals surface area contributed by atoms with E-state index >= 15 is 0 Å². The maximum Gasteiger partial charge on any atom is 0.276 e. The number of carbonyl (C=O) groups excluding carboxylic acids is 1. The van der Waals surface area contributed by atoms with E-state index in [2.05, 4.69) is 15.2 Å². The van der Waals surface area contributed by atoms with E-state index < -0.39 is 11.5 Å². The molecule has 0 aromatic carbocycles. The molecule has 8 nitrogen and oxygen atoms in total. The van der Waals surface area contributed by atoms with Crippen LogP contribution in [-0.2, 0) is 12.6 Å². The van der Waals surface area contributed by atoms with Crippen LogP contribution in [0.4, 0.5) is 4.39 Å². The Balaban J connectivity index is 1.48. The number of aromatic nitrogens is 4. The van der Waals surface area contributed by atoms with Gasteiger partial charge < -0.3 is 14.5 Å². The fourth-order valence-corrected chi connectivity index (χ4v) is 3.59. The Morgan fingerprint density at radius 2 is 2.11 bits per heavy atom. The molecule has 0 saturated carbocycles. The highest BCUT2D eigenvalue weighted by molar-refractivity contribution is 5.93. The van der Waals surface area contributed by atoms with Gasteiger partial charge in [-0.3, -0.25) is 9.48 Å². The van der Waals surface area contributed by atoms with Gasteiger partial charge in [-0.1, -0.05) is 11.2 Å². The molecule has 4 heterocycles. The average Bonchev–Trinajstić information content (AvgIpc) is 3.28. The highest BCUT2D eigenvalue weighted by Crippen LogP contribution is 2.34. The number of hydrogen-bond donors (Lipinski definition) is 1. The lowest BCUT2D eigenvalue weighted by Crippen LogP contribution is -2.45. The monoisotopic (exact) mass is 385 g/mol. The molecule has 146 valence electrons. The number of carbonyl (C=O) groups is 1. The van der Waals surface area contributed by atoms with Crippen LogP contribution in [-0.4, -0.2) is 48.9 Å². The summed E-state index contributed by atoms with van der Waals surface area (Å²) in [5.41, 5.74) is 0.569. The molecule has 1 aliphatic heterocycles. The van der Waals surface area contributed by atoms with Gasteiger partial charge in [-0.05, 0) is 25.8 Å². The third kappa shape index (κ3) is 3.18. The first-order valence-corrected chi connectivity index (χ1v) is 8.97. The fourth-order valence-electron chi connectivity index (χ4n) is 3.59. The predicted octanol–water partition coefficient (Wildman–Crippen LogP) is 2.04. The minimum absolute atomic E-state index is 0.165. The summed E-state index contributed by atoms with van der Waals surface area (Å²) in [6.07, 6.45) is 3.57. The predicted molar refractivity (Wildman–Crippen MR) is 96.7 cm³/mol. The first kappa shape index (κ1) is 18.3. The van der Waals surface area contributed by atoms with E-state index in [-0.39, 0.29) is 43.1 Å². The summed E-state index contributed by atoms with van der Waals surface area (Å²) in [6.45, 7) is 2.40. The largest absolute Gasteiger partial charge is 0.385 e. The van der Waals surface area contributed by atoms with E-state index in [4.69, 9.17) is 4.52 Å². The second-order valence-corrected chi connectivity index (χ2v) is 7.04. The summed E-state index contributed by atoms with van der Waals surface area (Å²) in [4.78, 5) is 18.0. The van der Waals surface area contributed by atoms with Gasteiger partial charge in [0.15, 0.2) is 11.5 Å². The summed E-state index contributed by atoms with van der Waals surface area (Å²) in [6, 6.07) is 4.71. The van der Waals surface area contributed by atoms with Gasteiger partial charge in [0.1, 0.15) is 0 Å². The van der Waals surface area contributed by atoms with Gasteiger partial charge in [0, 0.05) is 44.2 Å². The summed E-state index contributed by atoms with van der Waals surface area (Å²) < 4.78 is 20.9. The number of likely N-dealkylation sites (tertiary alicyclic amines) is 1. The molecule has 1 saturated heterocycles. The van der Waals surface area contributed by atoms with Crippen molar-refractivity contribution < 1.29 is 18.8 Å². The summed E-state index contributed by atoms with van der Waals surface area (Å²) in [7, 11) is 1.80. The van der Waals surface area contributed by atoms with Gasteiger partial charge >= 0.3 is 0 Å². The van der Waals surface area contributed by atoms with Crippen molar-refractivity contribution in [1.82, 2.24) is 24.8 Å². The Kier molecular flexibility index (Phi) is 4.46. The molecule has 9 heteroatoms. The third-order valence-electron chi connectivity index (χ3n) is 5.15. The Morgan fingerprint density at radius 3 is 2.75 bits per heavy atom. The number of hydrogen-bond acceptors (Lipinski definition) is 6. The van der Waals surface area contributed by atoms with Crippen LogP contribution in [0.5, 0.6) is 0 Å². The van der Waals surface area contributed by atoms with Crippen LogP contribution in [0, 0.1) is 12.9 Å².